The summed E-state index contributed by atoms with van der Waals surface area (Å²) in [4.78, 5) is 0.429. The minimum Gasteiger partial charge on any atom is -0.494 e. The van der Waals surface area contributed by atoms with Crippen LogP contribution in [0.3, 0.4) is 0 Å². The topological polar surface area (TPSA) is 75.6 Å². The molecule has 1 aromatic heterocycles. The summed E-state index contributed by atoms with van der Waals surface area (Å²) in [7, 11) is -2.60. The minimum atomic E-state index is -3.89. The summed E-state index contributed by atoms with van der Waals surface area (Å²) >= 11 is 1.32. The smallest absolute Gasteiger partial charge is 0.240 e. The Morgan fingerprint density at radius 1 is 1.43 bits per heavy atom. The normalized spacial score (nSPS) is 13.1. The number of hydrogen-bond donors (Lipinski definition) is 2. The van der Waals surface area contributed by atoms with Crippen molar-refractivity contribution in [3.8, 4) is 5.75 Å². The number of benzene rings is 1. The van der Waals surface area contributed by atoms with Gasteiger partial charge in [-0.15, -0.1) is 11.3 Å². The van der Waals surface area contributed by atoms with E-state index in [1.807, 2.05) is 0 Å². The van der Waals surface area contributed by atoms with E-state index in [4.69, 9.17) is 4.74 Å². The fraction of sp³-hybridized carbons (Fsp3) is 0.231. The van der Waals surface area contributed by atoms with Crippen LogP contribution in [0.1, 0.15) is 11.0 Å². The molecule has 2 rings (SSSR count). The fourth-order valence-corrected chi connectivity index (χ4v) is 3.43. The Labute approximate surface area is 126 Å². The molecular formula is C13H14FNO4S2. The summed E-state index contributed by atoms with van der Waals surface area (Å²) in [5.74, 6) is -0.799. The van der Waals surface area contributed by atoms with E-state index in [9.17, 15) is 17.9 Å². The molecule has 114 valence electrons. The molecule has 5 nitrogen and oxygen atoms in total. The monoisotopic (exact) mass is 331 g/mol. The molecule has 0 saturated carbocycles. The van der Waals surface area contributed by atoms with Gasteiger partial charge in [0.2, 0.25) is 10.0 Å². The first-order valence-electron chi connectivity index (χ1n) is 5.98. The summed E-state index contributed by atoms with van der Waals surface area (Å²) < 4.78 is 44.6. The Balaban J connectivity index is 2.10. The molecule has 0 aliphatic rings. The van der Waals surface area contributed by atoms with Crippen molar-refractivity contribution in [3.63, 3.8) is 0 Å². The lowest BCUT2D eigenvalue weighted by molar-refractivity contribution is 0.186. The van der Waals surface area contributed by atoms with E-state index in [1.54, 1.807) is 17.5 Å². The predicted molar refractivity (Wildman–Crippen MR) is 77.4 cm³/mol. The Morgan fingerprint density at radius 3 is 2.76 bits per heavy atom. The predicted octanol–water partition coefficient (Wildman–Crippen LogP) is 1.91. The largest absolute Gasteiger partial charge is 0.494 e. The molecule has 1 heterocycles. The Morgan fingerprint density at radius 2 is 2.19 bits per heavy atom. The molecule has 1 unspecified atom stereocenters. The minimum absolute atomic E-state index is 0.0347. The number of methoxy groups -OCH3 is 1. The number of hydrogen-bond acceptors (Lipinski definition) is 5. The van der Waals surface area contributed by atoms with Crippen molar-refractivity contribution in [2.75, 3.05) is 13.7 Å². The van der Waals surface area contributed by atoms with Gasteiger partial charge in [-0.2, -0.15) is 0 Å². The van der Waals surface area contributed by atoms with Gasteiger partial charge in [0.15, 0.2) is 11.6 Å². The van der Waals surface area contributed by atoms with Crippen molar-refractivity contribution >= 4 is 21.4 Å². The zero-order chi connectivity index (χ0) is 15.5. The van der Waals surface area contributed by atoms with Gasteiger partial charge in [-0.1, -0.05) is 6.07 Å². The molecule has 2 aromatic rings. The summed E-state index contributed by atoms with van der Waals surface area (Å²) in [6, 6.07) is 6.81. The second kappa shape index (κ2) is 6.52. The highest BCUT2D eigenvalue weighted by molar-refractivity contribution is 7.89. The van der Waals surface area contributed by atoms with Crippen LogP contribution in [0.25, 0.3) is 0 Å². The van der Waals surface area contributed by atoms with Crippen molar-refractivity contribution in [2.45, 2.75) is 11.0 Å². The summed E-state index contributed by atoms with van der Waals surface area (Å²) in [5.41, 5.74) is 0. The average molecular weight is 331 g/mol. The quantitative estimate of drug-likeness (QED) is 0.848. The Hall–Kier alpha value is -1.48. The Bertz CT molecular complexity index is 701. The van der Waals surface area contributed by atoms with Gasteiger partial charge in [0.25, 0.3) is 0 Å². The summed E-state index contributed by atoms with van der Waals surface area (Å²) in [6.45, 7) is -0.184. The van der Waals surface area contributed by atoms with Crippen molar-refractivity contribution in [1.29, 1.82) is 0 Å². The van der Waals surface area contributed by atoms with Crippen LogP contribution in [0.5, 0.6) is 5.75 Å². The number of ether oxygens (including phenoxy) is 1. The number of nitrogens with one attached hydrogen (secondary N) is 1. The first-order chi connectivity index (χ1) is 9.94. The number of thiophene rings is 1. The molecule has 0 amide bonds. The fourth-order valence-electron chi connectivity index (χ4n) is 1.67. The van der Waals surface area contributed by atoms with Gasteiger partial charge in [-0.25, -0.2) is 17.5 Å². The van der Waals surface area contributed by atoms with Crippen LogP contribution in [0.15, 0.2) is 40.6 Å². The van der Waals surface area contributed by atoms with E-state index in [0.29, 0.717) is 4.88 Å². The molecular weight excluding hydrogens is 317 g/mol. The summed E-state index contributed by atoms with van der Waals surface area (Å²) in [6.07, 6.45) is -0.942. The van der Waals surface area contributed by atoms with E-state index in [1.165, 1.54) is 30.6 Å². The average Bonchev–Trinajstić information content (AvgIpc) is 2.99. The third-order valence-corrected chi connectivity index (χ3v) is 5.17. The van der Waals surface area contributed by atoms with Crippen LogP contribution >= 0.6 is 11.3 Å². The highest BCUT2D eigenvalue weighted by Gasteiger charge is 2.19. The third-order valence-electron chi connectivity index (χ3n) is 2.77. The number of sulfonamides is 1. The summed E-state index contributed by atoms with van der Waals surface area (Å²) in [5, 5.41) is 11.6. The molecule has 0 bridgehead atoms. The van der Waals surface area contributed by atoms with Gasteiger partial charge in [-0.05, 0) is 29.6 Å². The molecule has 0 spiro atoms. The molecule has 2 N–H and O–H groups in total. The standard InChI is InChI=1S/C13H14FNO4S2/c1-19-12-5-4-9(7-10(12)14)21(17,18)15-8-11(16)13-3-2-6-20-13/h2-7,11,15-16H,8H2,1H3. The first kappa shape index (κ1) is 15.9. The van der Waals surface area contributed by atoms with Gasteiger partial charge >= 0.3 is 0 Å². The van der Waals surface area contributed by atoms with Gasteiger partial charge in [0.05, 0.1) is 12.0 Å². The molecule has 21 heavy (non-hydrogen) atoms. The SMILES string of the molecule is COc1ccc(S(=O)(=O)NCC(O)c2cccs2)cc1F. The van der Waals surface area contributed by atoms with Crippen LogP contribution < -0.4 is 9.46 Å². The van der Waals surface area contributed by atoms with Crippen molar-refractivity contribution in [1.82, 2.24) is 4.72 Å². The molecule has 0 saturated heterocycles. The van der Waals surface area contributed by atoms with Crippen LogP contribution in [0, 0.1) is 5.82 Å². The molecule has 0 fully saturated rings. The van der Waals surface area contributed by atoms with Gasteiger partial charge in [0.1, 0.15) is 6.10 Å². The number of rotatable bonds is 6. The van der Waals surface area contributed by atoms with E-state index < -0.39 is 21.9 Å². The lowest BCUT2D eigenvalue weighted by Gasteiger charge is -2.11. The van der Waals surface area contributed by atoms with Crippen molar-refractivity contribution < 1.29 is 22.7 Å². The van der Waals surface area contributed by atoms with E-state index in [0.717, 1.165) is 6.07 Å². The second-order valence-electron chi connectivity index (χ2n) is 4.18. The maximum atomic E-state index is 13.5. The molecule has 0 aliphatic heterocycles. The molecule has 0 radical (unpaired) electrons. The van der Waals surface area contributed by atoms with Crippen molar-refractivity contribution in [2.24, 2.45) is 0 Å². The lowest BCUT2D eigenvalue weighted by atomic mass is 10.3. The van der Waals surface area contributed by atoms with E-state index in [-0.39, 0.29) is 17.2 Å². The number of aliphatic hydroxyl groups excluding tert-OH is 1. The molecule has 1 aromatic carbocycles. The lowest BCUT2D eigenvalue weighted by Crippen LogP contribution is -2.28. The maximum Gasteiger partial charge on any atom is 0.240 e. The van der Waals surface area contributed by atoms with E-state index >= 15 is 0 Å². The zero-order valence-electron chi connectivity index (χ0n) is 11.1. The highest BCUT2D eigenvalue weighted by Crippen LogP contribution is 2.22. The second-order valence-corrected chi connectivity index (χ2v) is 6.93. The van der Waals surface area contributed by atoms with Crippen molar-refractivity contribution in [3.05, 3.63) is 46.4 Å². The van der Waals surface area contributed by atoms with Gasteiger partial charge in [-0.3, -0.25) is 0 Å². The number of halogens is 1. The first-order valence-corrected chi connectivity index (χ1v) is 8.35. The van der Waals surface area contributed by atoms with Gasteiger partial charge < -0.3 is 9.84 Å². The zero-order valence-corrected chi connectivity index (χ0v) is 12.7. The molecule has 1 atom stereocenters. The van der Waals surface area contributed by atoms with E-state index in [2.05, 4.69) is 4.72 Å². The Kier molecular flexibility index (Phi) is 4.94. The van der Waals surface area contributed by atoms with Crippen LogP contribution in [0.4, 0.5) is 4.39 Å². The maximum absolute atomic E-state index is 13.5. The number of aliphatic hydroxyl groups is 1. The van der Waals surface area contributed by atoms with Crippen LogP contribution in [-0.2, 0) is 10.0 Å². The molecule has 8 heteroatoms. The van der Waals surface area contributed by atoms with Gasteiger partial charge in [0, 0.05) is 11.4 Å². The van der Waals surface area contributed by atoms with Crippen LogP contribution in [-0.4, -0.2) is 27.2 Å². The van der Waals surface area contributed by atoms with Crippen LogP contribution in [0.2, 0.25) is 0 Å². The molecule has 0 aliphatic carbocycles. The third kappa shape index (κ3) is 3.79. The highest BCUT2D eigenvalue weighted by atomic mass is 32.2.